The van der Waals surface area contributed by atoms with Gasteiger partial charge >= 0.3 is 0 Å². The molecule has 1 amide bonds. The van der Waals surface area contributed by atoms with E-state index in [0.717, 1.165) is 0 Å². The van der Waals surface area contributed by atoms with Crippen LogP contribution in [0.3, 0.4) is 0 Å². The Balaban J connectivity index is 2.02. The van der Waals surface area contributed by atoms with Gasteiger partial charge in [0.25, 0.3) is 5.91 Å². The number of phenolic OH excluding ortho intramolecular Hbond substituents is 1. The molecule has 0 unspecified atom stereocenters. The molecule has 3 rings (SSSR count). The number of primary amides is 1. The van der Waals surface area contributed by atoms with Crippen molar-refractivity contribution in [2.24, 2.45) is 5.73 Å². The van der Waals surface area contributed by atoms with E-state index < -0.39 is 5.91 Å². The van der Waals surface area contributed by atoms with E-state index in [2.05, 4.69) is 0 Å². The second-order valence-electron chi connectivity index (χ2n) is 4.58. The van der Waals surface area contributed by atoms with Gasteiger partial charge in [-0.05, 0) is 35.9 Å². The molecular formula is C16H11NO4. The van der Waals surface area contributed by atoms with Crippen LogP contribution in [0.2, 0.25) is 0 Å². The number of para-hydroxylation sites is 1. The van der Waals surface area contributed by atoms with Gasteiger partial charge in [0, 0.05) is 0 Å². The van der Waals surface area contributed by atoms with Crippen molar-refractivity contribution in [1.29, 1.82) is 0 Å². The Morgan fingerprint density at radius 1 is 1.14 bits per heavy atom. The minimum Gasteiger partial charge on any atom is -0.508 e. The maximum absolute atomic E-state index is 12.2. The summed E-state index contributed by atoms with van der Waals surface area (Å²) >= 11 is 0. The number of hydrogen-bond acceptors (Lipinski definition) is 4. The average molecular weight is 281 g/mol. The van der Waals surface area contributed by atoms with Gasteiger partial charge in [0.15, 0.2) is 11.5 Å². The van der Waals surface area contributed by atoms with Crippen LogP contribution in [-0.2, 0) is 0 Å². The topological polar surface area (TPSA) is 89.6 Å². The summed E-state index contributed by atoms with van der Waals surface area (Å²) in [5, 5.41) is 9.24. The van der Waals surface area contributed by atoms with Crippen LogP contribution >= 0.6 is 0 Å². The summed E-state index contributed by atoms with van der Waals surface area (Å²) in [6, 6.07) is 11.0. The molecule has 3 N–H and O–H groups in total. The summed E-state index contributed by atoms with van der Waals surface area (Å²) in [5.74, 6) is -0.508. The molecule has 1 aliphatic rings. The summed E-state index contributed by atoms with van der Waals surface area (Å²) in [5.41, 5.74) is 6.46. The fourth-order valence-electron chi connectivity index (χ4n) is 2.13. The van der Waals surface area contributed by atoms with Gasteiger partial charge in [-0.2, -0.15) is 0 Å². The van der Waals surface area contributed by atoms with Crippen LogP contribution in [0, 0.1) is 0 Å². The largest absolute Gasteiger partial charge is 0.508 e. The predicted octanol–water partition coefficient (Wildman–Crippen LogP) is 2.11. The molecule has 104 valence electrons. The first-order valence-electron chi connectivity index (χ1n) is 6.22. The van der Waals surface area contributed by atoms with Gasteiger partial charge in [-0.3, -0.25) is 9.59 Å². The number of allylic oxidation sites excluding steroid dienone is 1. The molecule has 5 nitrogen and oxygen atoms in total. The number of ketones is 1. The molecule has 0 bridgehead atoms. The monoisotopic (exact) mass is 281 g/mol. The quantitative estimate of drug-likeness (QED) is 0.825. The van der Waals surface area contributed by atoms with Gasteiger partial charge in [0.05, 0.1) is 11.1 Å². The summed E-state index contributed by atoms with van der Waals surface area (Å²) in [6.07, 6.45) is 1.55. The minimum atomic E-state index is -0.648. The fourth-order valence-corrected chi connectivity index (χ4v) is 2.13. The minimum absolute atomic E-state index is 0.115. The van der Waals surface area contributed by atoms with E-state index in [9.17, 15) is 14.7 Å². The molecule has 0 atom stereocenters. The number of aromatic hydroxyl groups is 1. The smallest absolute Gasteiger partial charge is 0.252 e. The molecular weight excluding hydrogens is 270 g/mol. The van der Waals surface area contributed by atoms with Crippen molar-refractivity contribution in [2.45, 2.75) is 0 Å². The first-order chi connectivity index (χ1) is 10.1. The van der Waals surface area contributed by atoms with Crippen molar-refractivity contribution in [3.05, 3.63) is 64.9 Å². The highest BCUT2D eigenvalue weighted by Gasteiger charge is 2.30. The van der Waals surface area contributed by atoms with Crippen molar-refractivity contribution in [3.8, 4) is 11.5 Å². The second-order valence-corrected chi connectivity index (χ2v) is 4.58. The van der Waals surface area contributed by atoms with Crippen molar-refractivity contribution in [2.75, 3.05) is 0 Å². The van der Waals surface area contributed by atoms with Gasteiger partial charge in [0.1, 0.15) is 5.75 Å². The second kappa shape index (κ2) is 4.79. The third-order valence-electron chi connectivity index (χ3n) is 3.15. The number of nitrogens with two attached hydrogens (primary N) is 1. The molecule has 0 aliphatic carbocycles. The molecule has 0 spiro atoms. The van der Waals surface area contributed by atoms with Gasteiger partial charge in [-0.15, -0.1) is 0 Å². The molecule has 0 aromatic heterocycles. The van der Waals surface area contributed by atoms with Crippen LogP contribution in [0.4, 0.5) is 0 Å². The van der Waals surface area contributed by atoms with Crippen molar-refractivity contribution in [1.82, 2.24) is 0 Å². The first kappa shape index (κ1) is 12.9. The Morgan fingerprint density at radius 2 is 1.86 bits per heavy atom. The lowest BCUT2D eigenvalue weighted by atomic mass is 10.1. The molecule has 5 heteroatoms. The summed E-state index contributed by atoms with van der Waals surface area (Å²) < 4.78 is 5.49. The normalized spacial score (nSPS) is 14.9. The molecule has 1 aliphatic heterocycles. The number of fused-ring (bicyclic) bond motifs is 1. The van der Waals surface area contributed by atoms with Crippen LogP contribution in [0.15, 0.2) is 48.2 Å². The predicted molar refractivity (Wildman–Crippen MR) is 76.0 cm³/mol. The molecule has 21 heavy (non-hydrogen) atoms. The molecule has 0 radical (unpaired) electrons. The van der Waals surface area contributed by atoms with Crippen LogP contribution < -0.4 is 10.5 Å². The van der Waals surface area contributed by atoms with E-state index in [1.165, 1.54) is 18.2 Å². The van der Waals surface area contributed by atoms with E-state index in [-0.39, 0.29) is 28.6 Å². The van der Waals surface area contributed by atoms with E-state index >= 15 is 0 Å². The zero-order chi connectivity index (χ0) is 15.0. The van der Waals surface area contributed by atoms with Crippen LogP contribution in [0.5, 0.6) is 11.5 Å². The highest BCUT2D eigenvalue weighted by molar-refractivity contribution is 6.16. The van der Waals surface area contributed by atoms with Gasteiger partial charge in [0.2, 0.25) is 5.78 Å². The highest BCUT2D eigenvalue weighted by Crippen LogP contribution is 2.34. The number of carbonyl (C=O) groups is 2. The Hall–Kier alpha value is -3.08. The summed E-state index contributed by atoms with van der Waals surface area (Å²) in [7, 11) is 0. The fraction of sp³-hybridized carbons (Fsp3) is 0. The SMILES string of the molecule is NC(=O)c1cccc2c1O/C(=C\c1ccc(O)cc1)C2=O. The van der Waals surface area contributed by atoms with Gasteiger partial charge < -0.3 is 15.6 Å². The lowest BCUT2D eigenvalue weighted by molar-refractivity contribution is 0.0991. The Morgan fingerprint density at radius 3 is 2.52 bits per heavy atom. The van der Waals surface area contributed by atoms with Crippen LogP contribution in [0.25, 0.3) is 6.08 Å². The molecule has 0 fully saturated rings. The molecule has 0 saturated heterocycles. The number of rotatable bonds is 2. The van der Waals surface area contributed by atoms with Crippen LogP contribution in [-0.4, -0.2) is 16.8 Å². The maximum atomic E-state index is 12.2. The number of Topliss-reactive ketones (excluding diaryl/α,β-unsaturated/α-hetero) is 1. The highest BCUT2D eigenvalue weighted by atomic mass is 16.5. The van der Waals surface area contributed by atoms with Crippen molar-refractivity contribution < 1.29 is 19.4 Å². The van der Waals surface area contributed by atoms with E-state index in [1.54, 1.807) is 30.3 Å². The Labute approximate surface area is 120 Å². The van der Waals surface area contributed by atoms with Crippen molar-refractivity contribution in [3.63, 3.8) is 0 Å². The number of ether oxygens (including phenoxy) is 1. The molecule has 0 saturated carbocycles. The van der Waals surface area contributed by atoms with E-state index in [0.29, 0.717) is 11.1 Å². The number of carbonyl (C=O) groups excluding carboxylic acids is 2. The van der Waals surface area contributed by atoms with Gasteiger partial charge in [-0.25, -0.2) is 0 Å². The van der Waals surface area contributed by atoms with Crippen LogP contribution in [0.1, 0.15) is 26.3 Å². The zero-order valence-electron chi connectivity index (χ0n) is 10.9. The average Bonchev–Trinajstić information content (AvgIpc) is 2.78. The Bertz CT molecular complexity index is 775. The number of hydrogen-bond donors (Lipinski definition) is 2. The van der Waals surface area contributed by atoms with E-state index in [4.69, 9.17) is 10.5 Å². The van der Waals surface area contributed by atoms with E-state index in [1.807, 2.05) is 0 Å². The number of phenols is 1. The number of amides is 1. The molecule has 2 aromatic carbocycles. The maximum Gasteiger partial charge on any atom is 0.252 e. The number of benzene rings is 2. The first-order valence-corrected chi connectivity index (χ1v) is 6.22. The summed E-state index contributed by atoms with van der Waals surface area (Å²) in [4.78, 5) is 23.6. The zero-order valence-corrected chi connectivity index (χ0v) is 10.9. The third kappa shape index (κ3) is 2.25. The third-order valence-corrected chi connectivity index (χ3v) is 3.15. The molecule has 2 aromatic rings. The lowest BCUT2D eigenvalue weighted by Crippen LogP contribution is -2.11. The lowest BCUT2D eigenvalue weighted by Gasteiger charge is -2.02. The summed E-state index contributed by atoms with van der Waals surface area (Å²) in [6.45, 7) is 0. The van der Waals surface area contributed by atoms with Crippen molar-refractivity contribution >= 4 is 17.8 Å². The molecule has 1 heterocycles. The van der Waals surface area contributed by atoms with Gasteiger partial charge in [-0.1, -0.05) is 18.2 Å². The Kier molecular flexibility index (Phi) is 2.95. The standard InChI is InChI=1S/C16H11NO4/c17-16(20)12-3-1-2-11-14(19)13(21-15(11)12)8-9-4-6-10(18)7-5-9/h1-8,18H,(H2,17,20)/b13-8-.